The molecule has 0 fully saturated rings. The minimum absolute atomic E-state index is 0.0472. The van der Waals surface area contributed by atoms with Crippen molar-refractivity contribution in [2.45, 2.75) is 11.8 Å². The average molecular weight is 503 g/mol. The van der Waals surface area contributed by atoms with Gasteiger partial charge in [0.05, 0.1) is 10.6 Å². The van der Waals surface area contributed by atoms with Gasteiger partial charge in [0.2, 0.25) is 11.5 Å². The lowest BCUT2D eigenvalue weighted by atomic mass is 10.1. The number of sulfonamides is 1. The summed E-state index contributed by atoms with van der Waals surface area (Å²) in [6.07, 6.45) is 12.8. The van der Waals surface area contributed by atoms with E-state index < -0.39 is 15.8 Å². The van der Waals surface area contributed by atoms with E-state index in [9.17, 15) is 22.8 Å². The second kappa shape index (κ2) is 10.2. The van der Waals surface area contributed by atoms with Gasteiger partial charge in [-0.1, -0.05) is 28.0 Å². The minimum Gasteiger partial charge on any atom is -0.352 e. The van der Waals surface area contributed by atoms with Crippen LogP contribution in [0.15, 0.2) is 116 Å². The van der Waals surface area contributed by atoms with Crippen LogP contribution in [0.2, 0.25) is 0 Å². The zero-order valence-corrected chi connectivity index (χ0v) is 19.5. The highest BCUT2D eigenvalue weighted by Gasteiger charge is 2.27. The monoisotopic (exact) mass is 503 g/mol. The second-order valence-corrected chi connectivity index (χ2v) is 9.11. The highest BCUT2D eigenvalue weighted by atomic mass is 32.2. The number of oxime groups is 2. The molecular weight excluding hydrogens is 486 g/mol. The lowest BCUT2D eigenvalue weighted by Crippen LogP contribution is -2.18. The molecule has 3 aliphatic carbocycles. The van der Waals surface area contributed by atoms with E-state index in [4.69, 9.17) is 9.68 Å². The van der Waals surface area contributed by atoms with Crippen molar-refractivity contribution in [2.24, 2.45) is 14.7 Å². The largest absolute Gasteiger partial charge is 0.352 e. The third kappa shape index (κ3) is 6.02. The molecule has 0 bridgehead atoms. The summed E-state index contributed by atoms with van der Waals surface area (Å²) in [7, 11) is -4.14. The molecule has 0 amide bonds. The summed E-state index contributed by atoms with van der Waals surface area (Å²) in [6.45, 7) is 1.82. The van der Waals surface area contributed by atoms with Gasteiger partial charge in [0.1, 0.15) is 11.4 Å². The van der Waals surface area contributed by atoms with Gasteiger partial charge in [0, 0.05) is 12.2 Å². The Balaban J connectivity index is 1.67. The summed E-state index contributed by atoms with van der Waals surface area (Å²) in [5.74, 6) is -2.02. The molecule has 0 radical (unpaired) electrons. The van der Waals surface area contributed by atoms with Crippen molar-refractivity contribution in [1.82, 2.24) is 0 Å². The maximum Gasteiger partial charge on any atom is 0.282 e. The minimum atomic E-state index is -4.14. The molecule has 0 saturated heterocycles. The van der Waals surface area contributed by atoms with Crippen LogP contribution in [0.3, 0.4) is 0 Å². The quantitative estimate of drug-likeness (QED) is 0.429. The Hall–Kier alpha value is -4.77. The molecule has 0 saturated carbocycles. The Kier molecular flexibility index (Phi) is 6.93. The first-order valence-electron chi connectivity index (χ1n) is 10.4. The third-order valence-electron chi connectivity index (χ3n) is 4.72. The number of ketones is 3. The number of rotatable bonds is 6. The van der Waals surface area contributed by atoms with Crippen LogP contribution >= 0.6 is 0 Å². The number of carbonyl (C=O) groups excluding carboxylic acids is 3. The summed E-state index contributed by atoms with van der Waals surface area (Å²) in [5.41, 5.74) is 1.19. The van der Waals surface area contributed by atoms with E-state index in [1.807, 2.05) is 6.92 Å². The summed E-state index contributed by atoms with van der Waals surface area (Å²) < 4.78 is 29.4. The fourth-order valence-electron chi connectivity index (χ4n) is 2.87. The van der Waals surface area contributed by atoms with Gasteiger partial charge < -0.3 is 9.68 Å². The van der Waals surface area contributed by atoms with Crippen LogP contribution in [0, 0.1) is 6.92 Å². The van der Waals surface area contributed by atoms with Crippen LogP contribution in [-0.2, 0) is 34.1 Å². The summed E-state index contributed by atoms with van der Waals surface area (Å²) in [5, 5.41) is 7.60. The predicted octanol–water partition coefficient (Wildman–Crippen LogP) is 2.61. The number of hydrogen-bond donors (Lipinski definition) is 0. The molecule has 10 nitrogen and oxygen atoms in total. The van der Waals surface area contributed by atoms with Crippen LogP contribution in [0.1, 0.15) is 5.56 Å². The van der Waals surface area contributed by atoms with Crippen molar-refractivity contribution >= 4 is 44.5 Å². The Labute approximate surface area is 205 Å². The fourth-order valence-corrected chi connectivity index (χ4v) is 3.84. The lowest BCUT2D eigenvalue weighted by Gasteiger charge is -2.12. The van der Waals surface area contributed by atoms with Crippen LogP contribution in [-0.4, -0.2) is 42.9 Å². The van der Waals surface area contributed by atoms with E-state index >= 15 is 0 Å². The van der Waals surface area contributed by atoms with Crippen LogP contribution in [0.4, 0.5) is 0 Å². The standard InChI is InChI=1S/C25H17N3O7S/c1-16-2-12-22(13-3-16)36(32,33)28-19-14-23(34-26-17-4-8-20(29)9-5-17)25(31)24(15-19)35-27-18-6-10-21(30)11-7-18/h2-15H,1H3. The van der Waals surface area contributed by atoms with Crippen LogP contribution in [0.5, 0.6) is 0 Å². The number of benzene rings is 1. The molecule has 0 spiro atoms. The van der Waals surface area contributed by atoms with Crippen LogP contribution < -0.4 is 0 Å². The van der Waals surface area contributed by atoms with Gasteiger partial charge >= 0.3 is 0 Å². The molecule has 0 unspecified atom stereocenters. The van der Waals surface area contributed by atoms with E-state index in [2.05, 4.69) is 14.7 Å². The summed E-state index contributed by atoms with van der Waals surface area (Å²) in [6, 6.07) is 6.08. The maximum atomic E-state index is 12.9. The topological polar surface area (TPSA) is 141 Å². The third-order valence-corrected chi connectivity index (χ3v) is 6.04. The molecule has 1 aromatic rings. The normalized spacial score (nSPS) is 17.1. The van der Waals surface area contributed by atoms with Crippen molar-refractivity contribution in [1.29, 1.82) is 0 Å². The summed E-state index contributed by atoms with van der Waals surface area (Å²) >= 11 is 0. The predicted molar refractivity (Wildman–Crippen MR) is 131 cm³/mol. The van der Waals surface area contributed by atoms with Gasteiger partial charge in [-0.2, -0.15) is 12.8 Å². The summed E-state index contributed by atoms with van der Waals surface area (Å²) in [4.78, 5) is 45.9. The zero-order chi connectivity index (χ0) is 25.7. The number of Topliss-reactive ketones (excluding diaryl/α,β-unsaturated/α-hetero) is 1. The SMILES string of the molecule is Cc1ccc(S(=O)(=O)N=C2C=C(ON=C3C=CC(=O)C=C3)C(=O)C(ON=C3C=CC(=O)C=C3)=C2)cc1. The van der Waals surface area contributed by atoms with E-state index in [0.717, 1.165) is 17.7 Å². The molecule has 3 aliphatic rings. The van der Waals surface area contributed by atoms with Crippen molar-refractivity contribution < 1.29 is 32.5 Å². The molecule has 36 heavy (non-hydrogen) atoms. The Morgan fingerprint density at radius 1 is 0.639 bits per heavy atom. The smallest absolute Gasteiger partial charge is 0.282 e. The number of carbonyl (C=O) groups is 3. The number of nitrogens with zero attached hydrogens (tertiary/aromatic N) is 3. The van der Waals surface area contributed by atoms with E-state index in [-0.39, 0.29) is 45.1 Å². The lowest BCUT2D eigenvalue weighted by molar-refractivity contribution is -0.118. The number of aryl methyl sites for hydroxylation is 1. The van der Waals surface area contributed by atoms with E-state index in [1.165, 1.54) is 60.7 Å². The van der Waals surface area contributed by atoms with Gasteiger partial charge in [-0.25, -0.2) is 0 Å². The van der Waals surface area contributed by atoms with E-state index in [0.29, 0.717) is 0 Å². The van der Waals surface area contributed by atoms with Gasteiger partial charge in [0.25, 0.3) is 15.8 Å². The molecule has 0 N–H and O–H groups in total. The van der Waals surface area contributed by atoms with Crippen molar-refractivity contribution in [3.05, 3.63) is 102 Å². The Morgan fingerprint density at radius 2 is 1.08 bits per heavy atom. The van der Waals surface area contributed by atoms with Crippen molar-refractivity contribution in [3.8, 4) is 0 Å². The molecule has 1 aromatic carbocycles. The van der Waals surface area contributed by atoms with Crippen LogP contribution in [0.25, 0.3) is 0 Å². The van der Waals surface area contributed by atoms with Crippen molar-refractivity contribution in [2.75, 3.05) is 0 Å². The first-order valence-corrected chi connectivity index (χ1v) is 11.8. The van der Waals surface area contributed by atoms with Gasteiger partial charge in [0.15, 0.2) is 11.6 Å². The molecule has 4 rings (SSSR count). The van der Waals surface area contributed by atoms with E-state index in [1.54, 1.807) is 12.1 Å². The van der Waals surface area contributed by atoms with Gasteiger partial charge in [-0.15, -0.1) is 0 Å². The maximum absolute atomic E-state index is 12.9. The average Bonchev–Trinajstić information content (AvgIpc) is 2.85. The second-order valence-electron chi connectivity index (χ2n) is 7.50. The molecule has 0 aromatic heterocycles. The molecule has 180 valence electrons. The molecular formula is C25H17N3O7S. The highest BCUT2D eigenvalue weighted by molar-refractivity contribution is 7.90. The Bertz CT molecular complexity index is 1420. The van der Waals surface area contributed by atoms with Gasteiger partial charge in [-0.05, 0) is 67.7 Å². The highest BCUT2D eigenvalue weighted by Crippen LogP contribution is 2.20. The first-order chi connectivity index (χ1) is 17.2. The number of allylic oxidation sites excluding steroid dienone is 10. The molecule has 0 heterocycles. The molecule has 0 atom stereocenters. The fraction of sp³-hybridized carbons (Fsp3) is 0.0400. The van der Waals surface area contributed by atoms with Crippen molar-refractivity contribution in [3.63, 3.8) is 0 Å². The zero-order valence-electron chi connectivity index (χ0n) is 18.7. The molecule has 11 heteroatoms. The van der Waals surface area contributed by atoms with Gasteiger partial charge in [-0.3, -0.25) is 14.4 Å². The number of hydrogen-bond acceptors (Lipinski definition) is 9. The Morgan fingerprint density at radius 3 is 1.53 bits per heavy atom. The first kappa shape index (κ1) is 24.4. The molecule has 0 aliphatic heterocycles.